The molecule has 0 fully saturated rings. The summed E-state index contributed by atoms with van der Waals surface area (Å²) in [5, 5.41) is 0. The Bertz CT molecular complexity index is 453. The number of rotatable bonds is 2. The fraction of sp³-hybridized carbons (Fsp3) is 0.0833. The SMILES string of the molecule is Cc1ccc(Oc2cccc(F)c2)cn1. The number of nitrogens with zero attached hydrogens (tertiary/aromatic N) is 1. The van der Waals surface area contributed by atoms with Crippen molar-refractivity contribution in [1.82, 2.24) is 4.98 Å². The number of aromatic nitrogens is 1. The number of aryl methyl sites for hydroxylation is 1. The normalized spacial score (nSPS) is 10.0. The van der Waals surface area contributed by atoms with E-state index in [2.05, 4.69) is 4.98 Å². The maximum Gasteiger partial charge on any atom is 0.145 e. The van der Waals surface area contributed by atoms with Gasteiger partial charge in [-0.25, -0.2) is 4.39 Å². The molecule has 15 heavy (non-hydrogen) atoms. The van der Waals surface area contributed by atoms with Crippen LogP contribution in [-0.2, 0) is 0 Å². The van der Waals surface area contributed by atoms with Crippen LogP contribution in [-0.4, -0.2) is 4.98 Å². The fourth-order valence-electron chi connectivity index (χ4n) is 1.18. The number of pyridine rings is 1. The highest BCUT2D eigenvalue weighted by atomic mass is 19.1. The van der Waals surface area contributed by atoms with Gasteiger partial charge in [0.05, 0.1) is 6.20 Å². The molecule has 0 aliphatic heterocycles. The lowest BCUT2D eigenvalue weighted by molar-refractivity contribution is 0.474. The summed E-state index contributed by atoms with van der Waals surface area (Å²) in [7, 11) is 0. The number of hydrogen-bond donors (Lipinski definition) is 0. The van der Waals surface area contributed by atoms with Crippen molar-refractivity contribution in [2.75, 3.05) is 0 Å². The maximum absolute atomic E-state index is 12.8. The third-order valence-corrected chi connectivity index (χ3v) is 1.92. The van der Waals surface area contributed by atoms with Gasteiger partial charge in [0, 0.05) is 11.8 Å². The van der Waals surface area contributed by atoms with Crippen LogP contribution >= 0.6 is 0 Å². The van der Waals surface area contributed by atoms with Crippen molar-refractivity contribution in [2.45, 2.75) is 6.92 Å². The van der Waals surface area contributed by atoms with Crippen molar-refractivity contribution in [3.8, 4) is 11.5 Å². The molecular formula is C12H10FNO. The van der Waals surface area contributed by atoms with Crippen molar-refractivity contribution >= 4 is 0 Å². The predicted octanol–water partition coefficient (Wildman–Crippen LogP) is 3.32. The maximum atomic E-state index is 12.8. The molecule has 1 heterocycles. The molecule has 0 radical (unpaired) electrons. The number of hydrogen-bond acceptors (Lipinski definition) is 2. The third-order valence-electron chi connectivity index (χ3n) is 1.92. The highest BCUT2D eigenvalue weighted by Gasteiger charge is 1.98. The summed E-state index contributed by atoms with van der Waals surface area (Å²) in [6.07, 6.45) is 1.61. The van der Waals surface area contributed by atoms with Crippen molar-refractivity contribution in [3.63, 3.8) is 0 Å². The molecule has 0 unspecified atom stereocenters. The van der Waals surface area contributed by atoms with Crippen LogP contribution in [0.1, 0.15) is 5.69 Å². The Morgan fingerprint density at radius 3 is 2.67 bits per heavy atom. The minimum atomic E-state index is -0.312. The second-order valence-corrected chi connectivity index (χ2v) is 3.19. The summed E-state index contributed by atoms with van der Waals surface area (Å²) >= 11 is 0. The lowest BCUT2D eigenvalue weighted by atomic mass is 10.3. The van der Waals surface area contributed by atoms with Crippen LogP contribution in [0.4, 0.5) is 4.39 Å². The summed E-state index contributed by atoms with van der Waals surface area (Å²) in [5.74, 6) is 0.763. The standard InChI is InChI=1S/C12H10FNO/c1-9-5-6-12(8-14-9)15-11-4-2-3-10(13)7-11/h2-8H,1H3. The Balaban J connectivity index is 2.18. The monoisotopic (exact) mass is 203 g/mol. The largest absolute Gasteiger partial charge is 0.456 e. The van der Waals surface area contributed by atoms with Crippen LogP contribution in [0.2, 0.25) is 0 Å². The smallest absolute Gasteiger partial charge is 0.145 e. The third kappa shape index (κ3) is 2.53. The Morgan fingerprint density at radius 1 is 1.13 bits per heavy atom. The van der Waals surface area contributed by atoms with Gasteiger partial charge >= 0.3 is 0 Å². The molecule has 0 amide bonds. The van der Waals surface area contributed by atoms with Gasteiger partial charge in [0.15, 0.2) is 0 Å². The topological polar surface area (TPSA) is 22.1 Å². The van der Waals surface area contributed by atoms with E-state index in [1.807, 2.05) is 13.0 Å². The Kier molecular flexibility index (Phi) is 2.63. The Labute approximate surface area is 87.4 Å². The quantitative estimate of drug-likeness (QED) is 0.746. The van der Waals surface area contributed by atoms with Crippen molar-refractivity contribution < 1.29 is 9.13 Å². The highest BCUT2D eigenvalue weighted by Crippen LogP contribution is 2.20. The van der Waals surface area contributed by atoms with E-state index in [9.17, 15) is 4.39 Å². The first-order valence-electron chi connectivity index (χ1n) is 4.60. The van der Waals surface area contributed by atoms with Crippen LogP contribution < -0.4 is 4.74 Å². The van der Waals surface area contributed by atoms with Crippen LogP contribution in [0.5, 0.6) is 11.5 Å². The van der Waals surface area contributed by atoms with E-state index in [4.69, 9.17) is 4.74 Å². The number of ether oxygens (including phenoxy) is 1. The average molecular weight is 203 g/mol. The first-order chi connectivity index (χ1) is 7.24. The van der Waals surface area contributed by atoms with E-state index in [0.29, 0.717) is 11.5 Å². The molecule has 0 aliphatic carbocycles. The van der Waals surface area contributed by atoms with Gasteiger partial charge in [-0.2, -0.15) is 0 Å². The first-order valence-corrected chi connectivity index (χ1v) is 4.60. The molecule has 0 N–H and O–H groups in total. The van der Waals surface area contributed by atoms with Gasteiger partial charge in [0.1, 0.15) is 17.3 Å². The zero-order valence-corrected chi connectivity index (χ0v) is 8.27. The molecule has 0 bridgehead atoms. The lowest BCUT2D eigenvalue weighted by Crippen LogP contribution is -1.87. The first kappa shape index (κ1) is 9.65. The van der Waals surface area contributed by atoms with E-state index in [1.165, 1.54) is 12.1 Å². The minimum Gasteiger partial charge on any atom is -0.456 e. The van der Waals surface area contributed by atoms with Crippen LogP contribution in [0.3, 0.4) is 0 Å². The van der Waals surface area contributed by atoms with Crippen molar-refractivity contribution in [2.24, 2.45) is 0 Å². The summed E-state index contributed by atoms with van der Waals surface area (Å²) in [6.45, 7) is 1.89. The van der Waals surface area contributed by atoms with E-state index in [-0.39, 0.29) is 5.82 Å². The molecule has 0 atom stereocenters. The van der Waals surface area contributed by atoms with E-state index < -0.39 is 0 Å². The van der Waals surface area contributed by atoms with Gasteiger partial charge in [0.25, 0.3) is 0 Å². The molecule has 0 aliphatic rings. The lowest BCUT2D eigenvalue weighted by Gasteiger charge is -2.04. The number of halogens is 1. The summed E-state index contributed by atoms with van der Waals surface area (Å²) in [4.78, 5) is 4.08. The second-order valence-electron chi connectivity index (χ2n) is 3.19. The summed E-state index contributed by atoms with van der Waals surface area (Å²) in [5.41, 5.74) is 0.918. The number of benzene rings is 1. The molecule has 1 aromatic carbocycles. The zero-order valence-electron chi connectivity index (χ0n) is 8.27. The molecule has 0 saturated heterocycles. The van der Waals surface area contributed by atoms with E-state index >= 15 is 0 Å². The van der Waals surface area contributed by atoms with Crippen LogP contribution in [0.25, 0.3) is 0 Å². The van der Waals surface area contributed by atoms with E-state index in [1.54, 1.807) is 24.4 Å². The Hall–Kier alpha value is -1.90. The molecular weight excluding hydrogens is 193 g/mol. The van der Waals surface area contributed by atoms with Gasteiger partial charge in [-0.15, -0.1) is 0 Å². The van der Waals surface area contributed by atoms with Crippen LogP contribution in [0, 0.1) is 12.7 Å². The Morgan fingerprint density at radius 2 is 2.00 bits per heavy atom. The molecule has 0 saturated carbocycles. The summed E-state index contributed by atoms with van der Waals surface area (Å²) < 4.78 is 18.3. The average Bonchev–Trinajstić information content (AvgIpc) is 2.22. The van der Waals surface area contributed by atoms with Gasteiger partial charge in [-0.3, -0.25) is 4.98 Å². The molecule has 0 spiro atoms. The summed E-state index contributed by atoms with van der Waals surface area (Å²) in [6, 6.07) is 9.65. The predicted molar refractivity (Wildman–Crippen MR) is 55.4 cm³/mol. The second kappa shape index (κ2) is 4.09. The van der Waals surface area contributed by atoms with Gasteiger partial charge in [-0.05, 0) is 31.2 Å². The van der Waals surface area contributed by atoms with Crippen molar-refractivity contribution in [3.05, 3.63) is 54.1 Å². The van der Waals surface area contributed by atoms with Gasteiger partial charge < -0.3 is 4.74 Å². The fourth-order valence-corrected chi connectivity index (χ4v) is 1.18. The van der Waals surface area contributed by atoms with Crippen LogP contribution in [0.15, 0.2) is 42.6 Å². The van der Waals surface area contributed by atoms with Crippen molar-refractivity contribution in [1.29, 1.82) is 0 Å². The zero-order chi connectivity index (χ0) is 10.7. The molecule has 2 aromatic rings. The highest BCUT2D eigenvalue weighted by molar-refractivity contribution is 5.29. The molecule has 1 aromatic heterocycles. The molecule has 2 rings (SSSR count). The molecule has 3 heteroatoms. The van der Waals surface area contributed by atoms with E-state index in [0.717, 1.165) is 5.69 Å². The van der Waals surface area contributed by atoms with Gasteiger partial charge in [-0.1, -0.05) is 6.07 Å². The van der Waals surface area contributed by atoms with Gasteiger partial charge in [0.2, 0.25) is 0 Å². The molecule has 2 nitrogen and oxygen atoms in total. The molecule has 76 valence electrons. The minimum absolute atomic E-state index is 0.312.